The SMILES string of the molecule is CCOC(=O)[C@@H]1C(=O)C=C(c2cccc(OC)c2)C[C@H]1c1cccc(F)c1. The van der Waals surface area contributed by atoms with E-state index in [-0.39, 0.29) is 12.4 Å². The summed E-state index contributed by atoms with van der Waals surface area (Å²) in [5, 5.41) is 0. The number of ether oxygens (including phenoxy) is 2. The van der Waals surface area contributed by atoms with Gasteiger partial charge in [0, 0.05) is 5.92 Å². The molecule has 27 heavy (non-hydrogen) atoms. The molecule has 0 bridgehead atoms. The minimum Gasteiger partial charge on any atom is -0.497 e. The molecule has 0 aliphatic heterocycles. The lowest BCUT2D eigenvalue weighted by Gasteiger charge is -2.29. The van der Waals surface area contributed by atoms with Crippen LogP contribution in [0.4, 0.5) is 4.39 Å². The zero-order valence-corrected chi connectivity index (χ0v) is 15.3. The molecule has 0 N–H and O–H groups in total. The number of methoxy groups -OCH3 is 1. The van der Waals surface area contributed by atoms with Crippen molar-refractivity contribution in [2.45, 2.75) is 19.3 Å². The molecule has 1 aliphatic carbocycles. The Morgan fingerprint density at radius 3 is 2.67 bits per heavy atom. The molecule has 3 rings (SSSR count). The predicted octanol–water partition coefficient (Wildman–Crippen LogP) is 4.15. The predicted molar refractivity (Wildman–Crippen MR) is 99.9 cm³/mol. The number of ketones is 1. The van der Waals surface area contributed by atoms with Crippen molar-refractivity contribution in [2.75, 3.05) is 13.7 Å². The Balaban J connectivity index is 2.03. The Morgan fingerprint density at radius 2 is 1.96 bits per heavy atom. The average Bonchev–Trinajstić information content (AvgIpc) is 2.67. The van der Waals surface area contributed by atoms with Gasteiger partial charge in [0.05, 0.1) is 13.7 Å². The molecular weight excluding hydrogens is 347 g/mol. The molecule has 0 amide bonds. The van der Waals surface area contributed by atoms with Gasteiger partial charge in [-0.2, -0.15) is 0 Å². The summed E-state index contributed by atoms with van der Waals surface area (Å²) >= 11 is 0. The molecule has 0 fully saturated rings. The van der Waals surface area contributed by atoms with Crippen LogP contribution in [-0.2, 0) is 14.3 Å². The monoisotopic (exact) mass is 368 g/mol. The minimum atomic E-state index is -0.971. The zero-order valence-electron chi connectivity index (χ0n) is 15.3. The summed E-state index contributed by atoms with van der Waals surface area (Å²) in [7, 11) is 1.58. The second-order valence-corrected chi connectivity index (χ2v) is 6.40. The number of allylic oxidation sites excluding steroid dienone is 2. The molecule has 0 radical (unpaired) electrons. The molecule has 0 unspecified atom stereocenters. The third kappa shape index (κ3) is 4.08. The molecular formula is C22H21FO4. The first-order chi connectivity index (χ1) is 13.0. The number of halogens is 1. The number of esters is 1. The van der Waals surface area contributed by atoms with E-state index in [1.54, 1.807) is 26.2 Å². The highest BCUT2D eigenvalue weighted by atomic mass is 19.1. The summed E-state index contributed by atoms with van der Waals surface area (Å²) in [6, 6.07) is 13.4. The van der Waals surface area contributed by atoms with Crippen LogP contribution in [0.25, 0.3) is 5.57 Å². The maximum Gasteiger partial charge on any atom is 0.317 e. The van der Waals surface area contributed by atoms with Gasteiger partial charge >= 0.3 is 5.97 Å². The van der Waals surface area contributed by atoms with Gasteiger partial charge in [-0.3, -0.25) is 9.59 Å². The topological polar surface area (TPSA) is 52.6 Å². The second-order valence-electron chi connectivity index (χ2n) is 6.40. The summed E-state index contributed by atoms with van der Waals surface area (Å²) in [6.07, 6.45) is 1.91. The molecule has 0 saturated heterocycles. The summed E-state index contributed by atoms with van der Waals surface area (Å²) < 4.78 is 24.1. The van der Waals surface area contributed by atoms with Gasteiger partial charge in [-0.05, 0) is 60.4 Å². The highest BCUT2D eigenvalue weighted by Gasteiger charge is 2.39. The molecule has 140 valence electrons. The van der Waals surface area contributed by atoms with E-state index in [4.69, 9.17) is 9.47 Å². The molecule has 1 aliphatic rings. The number of rotatable bonds is 5. The molecule has 4 nitrogen and oxygen atoms in total. The van der Waals surface area contributed by atoms with Gasteiger partial charge in [0.2, 0.25) is 0 Å². The van der Waals surface area contributed by atoms with Crippen molar-refractivity contribution in [1.29, 1.82) is 0 Å². The Hall–Kier alpha value is -2.95. The molecule has 0 heterocycles. The molecule has 5 heteroatoms. The van der Waals surface area contributed by atoms with Crippen LogP contribution in [-0.4, -0.2) is 25.5 Å². The van der Waals surface area contributed by atoms with Crippen molar-refractivity contribution in [3.8, 4) is 5.75 Å². The number of hydrogen-bond donors (Lipinski definition) is 0. The summed E-state index contributed by atoms with van der Waals surface area (Å²) in [5.74, 6) is -2.08. The smallest absolute Gasteiger partial charge is 0.317 e. The van der Waals surface area contributed by atoms with Crippen LogP contribution in [0.2, 0.25) is 0 Å². The molecule has 0 saturated carbocycles. The lowest BCUT2D eigenvalue weighted by molar-refractivity contribution is -0.151. The van der Waals surface area contributed by atoms with E-state index in [1.165, 1.54) is 18.2 Å². The number of hydrogen-bond acceptors (Lipinski definition) is 4. The first kappa shape index (κ1) is 18.8. The number of carbonyl (C=O) groups excluding carboxylic acids is 2. The number of benzene rings is 2. The lowest BCUT2D eigenvalue weighted by atomic mass is 9.73. The van der Waals surface area contributed by atoms with Crippen LogP contribution in [0.1, 0.15) is 30.4 Å². The second kappa shape index (κ2) is 8.16. The van der Waals surface area contributed by atoms with E-state index in [9.17, 15) is 14.0 Å². The van der Waals surface area contributed by atoms with Crippen molar-refractivity contribution < 1.29 is 23.5 Å². The third-order valence-electron chi connectivity index (χ3n) is 4.72. The largest absolute Gasteiger partial charge is 0.497 e. The van der Waals surface area contributed by atoms with Crippen molar-refractivity contribution in [3.63, 3.8) is 0 Å². The van der Waals surface area contributed by atoms with Crippen LogP contribution in [0.3, 0.4) is 0 Å². The first-order valence-electron chi connectivity index (χ1n) is 8.84. The Morgan fingerprint density at radius 1 is 1.19 bits per heavy atom. The minimum absolute atomic E-state index is 0.185. The average molecular weight is 368 g/mol. The molecule has 2 atom stereocenters. The van der Waals surface area contributed by atoms with Gasteiger partial charge in [0.15, 0.2) is 5.78 Å². The molecule has 0 spiro atoms. The zero-order chi connectivity index (χ0) is 19.4. The fraction of sp³-hybridized carbons (Fsp3) is 0.273. The third-order valence-corrected chi connectivity index (χ3v) is 4.72. The van der Waals surface area contributed by atoms with Crippen LogP contribution in [0.15, 0.2) is 54.6 Å². The quantitative estimate of drug-likeness (QED) is 0.588. The molecule has 2 aromatic carbocycles. The van der Waals surface area contributed by atoms with Crippen LogP contribution < -0.4 is 4.74 Å². The summed E-state index contributed by atoms with van der Waals surface area (Å²) in [6.45, 7) is 1.88. The van der Waals surface area contributed by atoms with E-state index in [2.05, 4.69) is 0 Å². The van der Waals surface area contributed by atoms with E-state index in [0.717, 1.165) is 11.1 Å². The number of carbonyl (C=O) groups is 2. The lowest BCUT2D eigenvalue weighted by Crippen LogP contribution is -2.34. The maximum atomic E-state index is 13.8. The Kier molecular flexibility index (Phi) is 5.69. The van der Waals surface area contributed by atoms with Gasteiger partial charge in [-0.25, -0.2) is 4.39 Å². The van der Waals surface area contributed by atoms with Crippen LogP contribution >= 0.6 is 0 Å². The van der Waals surface area contributed by atoms with Gasteiger partial charge in [-0.15, -0.1) is 0 Å². The Labute approximate surface area is 157 Å². The van der Waals surface area contributed by atoms with Crippen molar-refractivity contribution in [2.24, 2.45) is 5.92 Å². The van der Waals surface area contributed by atoms with Crippen molar-refractivity contribution >= 4 is 17.3 Å². The highest BCUT2D eigenvalue weighted by Crippen LogP contribution is 2.40. The Bertz CT molecular complexity index is 887. The normalized spacial score (nSPS) is 19.4. The standard InChI is InChI=1S/C22H21FO4/c1-3-27-22(25)21-19(15-7-4-8-17(23)10-15)12-16(13-20(21)24)14-6-5-9-18(11-14)26-2/h4-11,13,19,21H,3,12H2,1-2H3/t19-,21-/m0/s1. The molecule has 0 aromatic heterocycles. The summed E-state index contributed by atoms with van der Waals surface area (Å²) in [5.41, 5.74) is 2.23. The molecule has 2 aromatic rings. The van der Waals surface area contributed by atoms with E-state index < -0.39 is 23.6 Å². The van der Waals surface area contributed by atoms with Gasteiger partial charge < -0.3 is 9.47 Å². The van der Waals surface area contributed by atoms with Crippen molar-refractivity contribution in [3.05, 3.63) is 71.6 Å². The van der Waals surface area contributed by atoms with Gasteiger partial charge in [-0.1, -0.05) is 24.3 Å². The fourth-order valence-electron chi connectivity index (χ4n) is 3.46. The van der Waals surface area contributed by atoms with Crippen LogP contribution in [0.5, 0.6) is 5.75 Å². The van der Waals surface area contributed by atoms with E-state index in [0.29, 0.717) is 17.7 Å². The van der Waals surface area contributed by atoms with Gasteiger partial charge in [0.1, 0.15) is 17.5 Å². The summed E-state index contributed by atoms with van der Waals surface area (Å²) in [4.78, 5) is 25.2. The maximum absolute atomic E-state index is 13.8. The van der Waals surface area contributed by atoms with Crippen LogP contribution in [0, 0.1) is 11.7 Å². The van der Waals surface area contributed by atoms with Crippen molar-refractivity contribution in [1.82, 2.24) is 0 Å². The highest BCUT2D eigenvalue weighted by molar-refractivity contribution is 6.10. The van der Waals surface area contributed by atoms with E-state index in [1.807, 2.05) is 24.3 Å². The first-order valence-corrected chi connectivity index (χ1v) is 8.84. The van der Waals surface area contributed by atoms with Gasteiger partial charge in [0.25, 0.3) is 0 Å². The fourth-order valence-corrected chi connectivity index (χ4v) is 3.46. The van der Waals surface area contributed by atoms with E-state index >= 15 is 0 Å².